The summed E-state index contributed by atoms with van der Waals surface area (Å²) in [4.78, 5) is 27.6. The highest BCUT2D eigenvalue weighted by Crippen LogP contribution is 2.33. The second kappa shape index (κ2) is 13.4. The van der Waals surface area contributed by atoms with E-state index in [2.05, 4.69) is 24.7 Å². The second-order valence-corrected chi connectivity index (χ2v) is 10.5. The molecule has 1 atom stereocenters. The molecule has 1 N–H and O–H groups in total. The fraction of sp³-hybridized carbons (Fsp3) is 0.320. The number of nitrogens with zero attached hydrogens (tertiary/aromatic N) is 5. The van der Waals surface area contributed by atoms with E-state index < -0.39 is 46.8 Å². The molecule has 43 heavy (non-hydrogen) atoms. The lowest BCUT2D eigenvalue weighted by Gasteiger charge is -2.19. The lowest BCUT2D eigenvalue weighted by molar-refractivity contribution is -0.710. The predicted octanol–water partition coefficient (Wildman–Crippen LogP) is 3.93. The Kier molecular flexibility index (Phi) is 10.2. The van der Waals surface area contributed by atoms with E-state index in [1.807, 2.05) is 11.6 Å². The molecule has 0 saturated heterocycles. The molecule has 0 aliphatic carbocycles. The van der Waals surface area contributed by atoms with Gasteiger partial charge in [0.2, 0.25) is 5.28 Å². The molecule has 18 heteroatoms. The predicted molar refractivity (Wildman–Crippen MR) is 141 cm³/mol. The number of hydrogen-bond donors (Lipinski definition) is 1. The van der Waals surface area contributed by atoms with Gasteiger partial charge in [-0.15, -0.1) is 5.01 Å². The Morgan fingerprint density at radius 3 is 2.35 bits per heavy atom. The van der Waals surface area contributed by atoms with E-state index in [1.54, 1.807) is 31.2 Å². The van der Waals surface area contributed by atoms with Crippen molar-refractivity contribution in [2.45, 2.75) is 37.9 Å². The van der Waals surface area contributed by atoms with Crippen molar-refractivity contribution in [2.24, 2.45) is 5.28 Å². The summed E-state index contributed by atoms with van der Waals surface area (Å²) in [6.07, 6.45) is -5.78. The van der Waals surface area contributed by atoms with Gasteiger partial charge in [-0.2, -0.15) is 18.3 Å². The van der Waals surface area contributed by atoms with Gasteiger partial charge in [0.25, 0.3) is 22.7 Å². The first-order chi connectivity index (χ1) is 20.1. The maximum atomic E-state index is 13.5. The average molecular weight is 629 g/mol. The van der Waals surface area contributed by atoms with Crippen LogP contribution in [0.4, 0.5) is 18.0 Å². The maximum Gasteiger partial charge on any atom is 0.511 e. The molecule has 0 fully saturated rings. The van der Waals surface area contributed by atoms with Gasteiger partial charge in [0.15, 0.2) is 11.7 Å². The monoisotopic (exact) mass is 628 g/mol. The van der Waals surface area contributed by atoms with Crippen LogP contribution in [0.3, 0.4) is 0 Å². The Balaban J connectivity index is 1.74. The summed E-state index contributed by atoms with van der Waals surface area (Å²) in [5.74, 6) is -1.12. The quantitative estimate of drug-likeness (QED) is 0.0820. The van der Waals surface area contributed by atoms with Gasteiger partial charge in [-0.1, -0.05) is 29.8 Å². The summed E-state index contributed by atoms with van der Waals surface area (Å²) in [5.41, 5.74) is 0.458. The van der Waals surface area contributed by atoms with E-state index in [0.29, 0.717) is 10.6 Å². The number of rotatable bonds is 11. The second-order valence-electron chi connectivity index (χ2n) is 8.81. The van der Waals surface area contributed by atoms with Crippen LogP contribution in [0.15, 0.2) is 64.8 Å². The number of aromatic nitrogens is 2. The number of alkyl halides is 3. The molecule has 0 saturated carbocycles. The largest absolute Gasteiger partial charge is 0.569 e. The Morgan fingerprint density at radius 2 is 1.77 bits per heavy atom. The Bertz CT molecular complexity index is 1580. The normalized spacial score (nSPS) is 12.8. The summed E-state index contributed by atoms with van der Waals surface area (Å²) in [7, 11) is -3.36. The van der Waals surface area contributed by atoms with Crippen LogP contribution < -0.4 is 4.72 Å². The van der Waals surface area contributed by atoms with Gasteiger partial charge in [0.05, 0.1) is 34.9 Å². The number of halogens is 3. The van der Waals surface area contributed by atoms with Gasteiger partial charge < -0.3 is 19.5 Å². The summed E-state index contributed by atoms with van der Waals surface area (Å²) in [6, 6.07) is 10.9. The molecule has 0 aliphatic heterocycles. The highest BCUT2D eigenvalue weighted by Gasteiger charge is 2.35. The Morgan fingerprint density at radius 1 is 1.14 bits per heavy atom. The van der Waals surface area contributed by atoms with Gasteiger partial charge in [-0.3, -0.25) is 4.79 Å². The van der Waals surface area contributed by atoms with Gasteiger partial charge in [0, 0.05) is 5.56 Å². The maximum absolute atomic E-state index is 13.5. The van der Waals surface area contributed by atoms with Crippen LogP contribution in [0, 0.1) is 12.1 Å². The van der Waals surface area contributed by atoms with E-state index in [0.717, 1.165) is 35.5 Å². The van der Waals surface area contributed by atoms with Gasteiger partial charge >= 0.3 is 12.3 Å². The number of aryl methyl sites for hydroxylation is 1. The van der Waals surface area contributed by atoms with E-state index in [9.17, 15) is 36.4 Å². The molecule has 0 unspecified atom stereocenters. The van der Waals surface area contributed by atoms with Crippen molar-refractivity contribution in [1.29, 1.82) is 0 Å². The number of carbonyl (C=O) groups excluding carboxylic acids is 2. The lowest BCUT2D eigenvalue weighted by atomic mass is 10.1. The zero-order chi connectivity index (χ0) is 31.9. The number of hydrogen-bond acceptors (Lipinski definition) is 10. The van der Waals surface area contributed by atoms with E-state index in [-0.39, 0.29) is 27.9 Å². The molecule has 232 valence electrons. The highest BCUT2D eigenvalue weighted by molar-refractivity contribution is 7.90. The Labute approximate surface area is 243 Å². The molecule has 0 spiro atoms. The molecule has 1 aromatic heterocycles. The van der Waals surface area contributed by atoms with Crippen molar-refractivity contribution in [3.8, 4) is 16.9 Å². The van der Waals surface area contributed by atoms with Crippen LogP contribution in [-0.4, -0.2) is 66.7 Å². The number of ether oxygens (including phenoxy) is 2. The van der Waals surface area contributed by atoms with E-state index >= 15 is 0 Å². The van der Waals surface area contributed by atoms with Gasteiger partial charge in [-0.25, -0.2) is 22.6 Å². The SMILES string of the molecule is CCOC(=O)OCO/N=[N+](\[O-])N(C)[C@@H](C)C(=O)NS(=O)(=O)c1ccc(-n2nc(C(F)(F)F)cc2-c2ccc(C)cc2)cc1. The minimum absolute atomic E-state index is 0.0498. The number of benzene rings is 2. The molecular weight excluding hydrogens is 601 g/mol. The number of hydrazine groups is 1. The molecule has 1 amide bonds. The molecule has 2 aromatic carbocycles. The van der Waals surface area contributed by atoms with Crippen molar-refractivity contribution in [1.82, 2.24) is 19.5 Å². The molecule has 0 radical (unpaired) electrons. The minimum atomic E-state index is -4.72. The van der Waals surface area contributed by atoms with Crippen molar-refractivity contribution in [3.63, 3.8) is 0 Å². The number of carbonyl (C=O) groups is 2. The zero-order valence-electron chi connectivity index (χ0n) is 23.2. The fourth-order valence-electron chi connectivity index (χ4n) is 3.37. The third-order valence-electron chi connectivity index (χ3n) is 5.80. The number of sulfonamides is 1. The average Bonchev–Trinajstić information content (AvgIpc) is 3.41. The smallest absolute Gasteiger partial charge is 0.511 e. The number of nitrogens with one attached hydrogen (secondary N) is 1. The zero-order valence-corrected chi connectivity index (χ0v) is 24.0. The van der Waals surface area contributed by atoms with Crippen LogP contribution >= 0.6 is 0 Å². The van der Waals surface area contributed by atoms with Crippen LogP contribution in [0.25, 0.3) is 16.9 Å². The van der Waals surface area contributed by atoms with Crippen molar-refractivity contribution in [3.05, 3.63) is 71.1 Å². The van der Waals surface area contributed by atoms with E-state index in [1.165, 1.54) is 19.1 Å². The number of amides is 1. The number of likely N-dealkylation sites (N-methyl/N-ethyl adjacent to an activating group) is 1. The molecule has 1 heterocycles. The molecular formula is C25H27F3N6O8S. The molecule has 0 aliphatic rings. The first kappa shape index (κ1) is 32.6. The highest BCUT2D eigenvalue weighted by atomic mass is 32.2. The summed E-state index contributed by atoms with van der Waals surface area (Å²) >= 11 is 0. The summed E-state index contributed by atoms with van der Waals surface area (Å²) in [5, 5.41) is 19.5. The molecule has 14 nitrogen and oxygen atoms in total. The van der Waals surface area contributed by atoms with Crippen molar-refractivity contribution in [2.75, 3.05) is 20.4 Å². The fourth-order valence-corrected chi connectivity index (χ4v) is 4.42. The van der Waals surface area contributed by atoms with Gasteiger partial charge in [0.1, 0.15) is 0 Å². The van der Waals surface area contributed by atoms with E-state index in [4.69, 9.17) is 0 Å². The lowest BCUT2D eigenvalue weighted by Crippen LogP contribution is -2.47. The van der Waals surface area contributed by atoms with Crippen LogP contribution in [0.2, 0.25) is 0 Å². The Hall–Kier alpha value is -4.87. The topological polar surface area (TPSA) is 167 Å². The molecule has 3 aromatic rings. The first-order valence-corrected chi connectivity index (χ1v) is 13.9. The van der Waals surface area contributed by atoms with Crippen molar-refractivity contribution >= 4 is 22.1 Å². The standard InChI is InChI=1S/C25H27F3N6O8S/c1-5-40-24(36)41-15-42-31-34(37)32(4)17(3)23(35)30-43(38,39)20-12-10-19(11-13-20)33-21(14-22(29-33)25(26,27)28)18-8-6-16(2)7-9-18/h6-14,17H,5,15H2,1-4H3,(H,30,35)/b34-31-/t17-/m0/s1. The van der Waals surface area contributed by atoms with Crippen LogP contribution in [0.1, 0.15) is 25.1 Å². The first-order valence-electron chi connectivity index (χ1n) is 12.4. The third-order valence-corrected chi connectivity index (χ3v) is 7.17. The van der Waals surface area contributed by atoms with Gasteiger partial charge in [-0.05, 0) is 51.1 Å². The van der Waals surface area contributed by atoms with Crippen LogP contribution in [-0.2, 0) is 35.3 Å². The van der Waals surface area contributed by atoms with Crippen molar-refractivity contribution < 1.29 is 50.5 Å². The molecule has 3 rings (SSSR count). The minimum Gasteiger partial charge on any atom is -0.569 e. The molecule has 0 bridgehead atoms. The summed E-state index contributed by atoms with van der Waals surface area (Å²) in [6.45, 7) is 3.85. The third kappa shape index (κ3) is 8.34. The summed E-state index contributed by atoms with van der Waals surface area (Å²) < 4.78 is 77.9. The van der Waals surface area contributed by atoms with Crippen LogP contribution in [0.5, 0.6) is 0 Å².